The SMILES string of the molecule is CC(C)c1ccnc(-c2[c-]cc3sc4cccc(-c5ccccc5)c4c3c2)c1.C[Si](C)(C)c1ccc(-c2[c-]ccc(-c3ccccc3)c2)nc1.[Ir]. The molecule has 0 bridgehead atoms. The first-order valence-corrected chi connectivity index (χ1v) is 21.5. The molecule has 3 heterocycles. The van der Waals surface area contributed by atoms with E-state index in [0.29, 0.717) is 5.92 Å². The fraction of sp³-hybridized carbons (Fsp3) is 0.130. The molecular formula is C46H40IrN2SSi-2. The molecule has 0 saturated carbocycles. The molecule has 0 aliphatic heterocycles. The molecule has 3 aromatic heterocycles. The third-order valence-corrected chi connectivity index (χ3v) is 12.2. The Hall–Kier alpha value is -4.51. The van der Waals surface area contributed by atoms with Gasteiger partial charge < -0.3 is 9.97 Å². The van der Waals surface area contributed by atoms with Crippen molar-refractivity contribution in [2.24, 2.45) is 0 Å². The van der Waals surface area contributed by atoms with Crippen molar-refractivity contribution in [1.82, 2.24) is 9.97 Å². The molecule has 0 saturated heterocycles. The Kier molecular flexibility index (Phi) is 11.2. The number of aromatic nitrogens is 2. The monoisotopic (exact) mass is 873 g/mol. The summed E-state index contributed by atoms with van der Waals surface area (Å²) in [7, 11) is -1.29. The number of pyridine rings is 2. The van der Waals surface area contributed by atoms with Gasteiger partial charge in [-0.1, -0.05) is 135 Å². The summed E-state index contributed by atoms with van der Waals surface area (Å²) in [5.41, 5.74) is 10.3. The first kappa shape index (κ1) is 36.3. The van der Waals surface area contributed by atoms with E-state index < -0.39 is 8.07 Å². The van der Waals surface area contributed by atoms with Crippen LogP contribution < -0.4 is 5.19 Å². The molecule has 2 nitrogen and oxygen atoms in total. The van der Waals surface area contributed by atoms with Gasteiger partial charge in [-0.15, -0.1) is 59.2 Å². The maximum atomic E-state index is 4.65. The van der Waals surface area contributed by atoms with Crippen molar-refractivity contribution in [3.63, 3.8) is 0 Å². The molecule has 1 radical (unpaired) electrons. The smallest absolute Gasteiger partial charge is 0.0795 e. The number of benzene rings is 5. The number of hydrogen-bond donors (Lipinski definition) is 0. The van der Waals surface area contributed by atoms with E-state index in [4.69, 9.17) is 0 Å². The second-order valence-electron chi connectivity index (χ2n) is 13.9. The predicted octanol–water partition coefficient (Wildman–Crippen LogP) is 12.5. The van der Waals surface area contributed by atoms with Crippen molar-refractivity contribution in [3.05, 3.63) is 164 Å². The van der Waals surface area contributed by atoms with Gasteiger partial charge in [0.05, 0.1) is 8.07 Å². The van der Waals surface area contributed by atoms with Gasteiger partial charge in [-0.05, 0) is 61.4 Å². The van der Waals surface area contributed by atoms with E-state index >= 15 is 0 Å². The van der Waals surface area contributed by atoms with Gasteiger partial charge in [0.25, 0.3) is 0 Å². The average molecular weight is 873 g/mol. The predicted molar refractivity (Wildman–Crippen MR) is 218 cm³/mol. The second-order valence-corrected chi connectivity index (χ2v) is 20.1. The van der Waals surface area contributed by atoms with E-state index in [0.717, 1.165) is 22.5 Å². The van der Waals surface area contributed by atoms with Gasteiger partial charge in [-0.3, -0.25) is 0 Å². The quantitative estimate of drug-likeness (QED) is 0.123. The minimum absolute atomic E-state index is 0. The van der Waals surface area contributed by atoms with Crippen LogP contribution in [0.5, 0.6) is 0 Å². The van der Waals surface area contributed by atoms with Crippen molar-refractivity contribution < 1.29 is 20.1 Å². The Bertz CT molecular complexity index is 2380. The summed E-state index contributed by atoms with van der Waals surface area (Å²) in [6.07, 6.45) is 3.94. The summed E-state index contributed by atoms with van der Waals surface area (Å²) < 4.78 is 2.58. The summed E-state index contributed by atoms with van der Waals surface area (Å²) in [5, 5.41) is 3.99. The van der Waals surface area contributed by atoms with Crippen LogP contribution in [0.1, 0.15) is 25.3 Å². The minimum Gasteiger partial charge on any atom is -0.305 e. The van der Waals surface area contributed by atoms with Gasteiger partial charge in [0, 0.05) is 37.2 Å². The fourth-order valence-electron chi connectivity index (χ4n) is 6.15. The van der Waals surface area contributed by atoms with E-state index in [-0.39, 0.29) is 20.1 Å². The third kappa shape index (κ3) is 8.19. The van der Waals surface area contributed by atoms with Crippen molar-refractivity contribution in [2.75, 3.05) is 0 Å². The van der Waals surface area contributed by atoms with Crippen LogP contribution in [0, 0.1) is 12.1 Å². The summed E-state index contributed by atoms with van der Waals surface area (Å²) in [6, 6.07) is 53.6. The molecule has 0 atom stereocenters. The molecule has 51 heavy (non-hydrogen) atoms. The zero-order chi connectivity index (χ0) is 34.7. The Morgan fingerprint density at radius 2 is 1.35 bits per heavy atom. The van der Waals surface area contributed by atoms with E-state index in [9.17, 15) is 0 Å². The van der Waals surface area contributed by atoms with Crippen LogP contribution in [-0.2, 0) is 20.1 Å². The zero-order valence-corrected chi connectivity index (χ0v) is 33.8. The Morgan fingerprint density at radius 3 is 2.04 bits per heavy atom. The van der Waals surface area contributed by atoms with Gasteiger partial charge in [0.1, 0.15) is 0 Å². The molecule has 0 spiro atoms. The Morgan fingerprint density at radius 1 is 0.627 bits per heavy atom. The zero-order valence-electron chi connectivity index (χ0n) is 29.6. The molecule has 8 rings (SSSR count). The fourth-order valence-corrected chi connectivity index (χ4v) is 8.28. The molecule has 0 fully saturated rings. The first-order chi connectivity index (χ1) is 24.2. The largest absolute Gasteiger partial charge is 0.305 e. The molecular weight excluding hydrogens is 833 g/mol. The van der Waals surface area contributed by atoms with E-state index in [1.807, 2.05) is 35.9 Å². The van der Waals surface area contributed by atoms with E-state index in [1.165, 1.54) is 53.2 Å². The summed E-state index contributed by atoms with van der Waals surface area (Å²) in [5.74, 6) is 0.483. The minimum atomic E-state index is -1.29. The van der Waals surface area contributed by atoms with Gasteiger partial charge >= 0.3 is 0 Å². The van der Waals surface area contributed by atoms with Crippen LogP contribution in [0.3, 0.4) is 0 Å². The normalized spacial score (nSPS) is 11.3. The van der Waals surface area contributed by atoms with Crippen LogP contribution >= 0.6 is 11.3 Å². The molecule has 0 aliphatic rings. The van der Waals surface area contributed by atoms with Gasteiger partial charge in [-0.25, -0.2) is 0 Å². The molecule has 255 valence electrons. The topological polar surface area (TPSA) is 25.8 Å². The molecule has 5 heteroatoms. The standard InChI is InChI=1S/C26H20NS.C20H20NSi.Ir/c1-17(2)19-13-14-27-23(16-19)20-11-12-24-22(15-20)26-21(9-6-10-25(26)28-24)18-7-4-3-5-8-18;1-22(2,3)19-12-13-20(21-15-19)18-11-7-10-17(14-18)16-8-5-4-6-9-16;/h3-10,12-17H,1-2H3;4-10,12-15H,1-3H3;/q2*-1;. The van der Waals surface area contributed by atoms with Crippen molar-refractivity contribution in [3.8, 4) is 44.8 Å². The molecule has 5 aromatic carbocycles. The van der Waals surface area contributed by atoms with Crippen molar-refractivity contribution in [1.29, 1.82) is 0 Å². The van der Waals surface area contributed by atoms with Crippen LogP contribution in [0.4, 0.5) is 0 Å². The molecule has 0 N–H and O–H groups in total. The number of fused-ring (bicyclic) bond motifs is 3. The number of rotatable bonds is 6. The van der Waals surface area contributed by atoms with Crippen molar-refractivity contribution in [2.45, 2.75) is 39.4 Å². The third-order valence-electron chi connectivity index (χ3n) is 9.05. The average Bonchev–Trinajstić information content (AvgIpc) is 3.54. The second kappa shape index (κ2) is 15.8. The van der Waals surface area contributed by atoms with Gasteiger partial charge in [-0.2, -0.15) is 11.3 Å². The number of thiophene rings is 1. The number of nitrogens with zero attached hydrogens (tertiary/aromatic N) is 2. The Labute approximate surface area is 320 Å². The van der Waals surface area contributed by atoms with E-state index in [2.05, 4.69) is 177 Å². The van der Waals surface area contributed by atoms with Crippen LogP contribution in [-0.4, -0.2) is 18.0 Å². The maximum absolute atomic E-state index is 4.65. The molecule has 8 aromatic rings. The summed E-state index contributed by atoms with van der Waals surface area (Å²) in [6.45, 7) is 11.4. The van der Waals surface area contributed by atoms with Crippen LogP contribution in [0.25, 0.3) is 64.9 Å². The van der Waals surface area contributed by atoms with Gasteiger partial charge in [0.2, 0.25) is 0 Å². The van der Waals surface area contributed by atoms with Gasteiger partial charge in [0.15, 0.2) is 0 Å². The van der Waals surface area contributed by atoms with Crippen LogP contribution in [0.15, 0.2) is 146 Å². The molecule has 0 aliphatic carbocycles. The first-order valence-electron chi connectivity index (χ1n) is 17.2. The molecule has 0 unspecified atom stereocenters. The summed E-state index contributed by atoms with van der Waals surface area (Å²) in [4.78, 5) is 9.27. The van der Waals surface area contributed by atoms with Crippen molar-refractivity contribution >= 4 is 44.8 Å². The van der Waals surface area contributed by atoms with E-state index in [1.54, 1.807) is 0 Å². The number of hydrogen-bond acceptors (Lipinski definition) is 3. The molecule has 0 amide bonds. The van der Waals surface area contributed by atoms with Crippen LogP contribution in [0.2, 0.25) is 19.6 Å². The Balaban J connectivity index is 0.000000178. The summed E-state index contributed by atoms with van der Waals surface area (Å²) >= 11 is 1.83. The maximum Gasteiger partial charge on any atom is 0.0795 e.